The van der Waals surface area contributed by atoms with E-state index in [-0.39, 0.29) is 23.3 Å². The second kappa shape index (κ2) is 4.97. The van der Waals surface area contributed by atoms with Gasteiger partial charge in [-0.15, -0.1) is 0 Å². The zero-order chi connectivity index (χ0) is 13.3. The molecule has 7 heteroatoms. The van der Waals surface area contributed by atoms with Crippen molar-refractivity contribution in [2.75, 3.05) is 11.5 Å². The summed E-state index contributed by atoms with van der Waals surface area (Å²) in [6, 6.07) is 0. The molecule has 102 valence electrons. The van der Waals surface area contributed by atoms with Crippen molar-refractivity contribution in [1.82, 2.24) is 10.1 Å². The van der Waals surface area contributed by atoms with Crippen molar-refractivity contribution in [2.24, 2.45) is 0 Å². The van der Waals surface area contributed by atoms with Crippen molar-refractivity contribution in [3.05, 3.63) is 11.7 Å². The quantitative estimate of drug-likeness (QED) is 0.874. The van der Waals surface area contributed by atoms with Crippen LogP contribution >= 0.6 is 0 Å². The first-order valence-electron chi connectivity index (χ1n) is 6.15. The van der Waals surface area contributed by atoms with Gasteiger partial charge < -0.3 is 9.63 Å². The van der Waals surface area contributed by atoms with Gasteiger partial charge in [-0.3, -0.25) is 0 Å². The van der Waals surface area contributed by atoms with Gasteiger partial charge in [0.05, 0.1) is 23.5 Å². The van der Waals surface area contributed by atoms with Crippen molar-refractivity contribution in [3.63, 3.8) is 0 Å². The third-order valence-electron chi connectivity index (χ3n) is 3.44. The Kier molecular flexibility index (Phi) is 3.72. The molecule has 1 N–H and O–H groups in total. The van der Waals surface area contributed by atoms with Crippen LogP contribution in [0.2, 0.25) is 0 Å². The molecule has 0 aromatic carbocycles. The molecule has 1 aromatic rings. The summed E-state index contributed by atoms with van der Waals surface area (Å²) in [5, 5.41) is 13.6. The van der Waals surface area contributed by atoms with Crippen molar-refractivity contribution in [2.45, 2.75) is 44.6 Å². The minimum Gasteiger partial charge on any atom is -0.392 e. The first-order chi connectivity index (χ1) is 8.43. The fraction of sp³-hybridized carbons (Fsp3) is 0.818. The van der Waals surface area contributed by atoms with Gasteiger partial charge in [0, 0.05) is 5.92 Å². The first kappa shape index (κ1) is 13.5. The maximum absolute atomic E-state index is 11.4. The zero-order valence-corrected chi connectivity index (χ0v) is 11.4. The molecular formula is C11H18N2O4S. The standard InChI is InChI=1S/C11H18N2O4S/c1-3-9(14)7(2)11-12-10(13-17-11)8-4-5-18(15,16)6-8/h7-9,14H,3-6H2,1-2H3. The molecule has 0 bridgehead atoms. The van der Waals surface area contributed by atoms with Crippen LogP contribution in [-0.2, 0) is 9.84 Å². The maximum Gasteiger partial charge on any atom is 0.232 e. The summed E-state index contributed by atoms with van der Waals surface area (Å²) in [6.07, 6.45) is 0.633. The lowest BCUT2D eigenvalue weighted by Crippen LogP contribution is -2.15. The molecule has 1 aliphatic rings. The molecule has 0 spiro atoms. The van der Waals surface area contributed by atoms with Crippen LogP contribution in [0, 0.1) is 0 Å². The summed E-state index contributed by atoms with van der Waals surface area (Å²) in [7, 11) is -2.95. The van der Waals surface area contributed by atoms with Crippen molar-refractivity contribution < 1.29 is 18.0 Å². The minimum atomic E-state index is -2.95. The number of aliphatic hydroxyl groups is 1. The van der Waals surface area contributed by atoms with Crippen LogP contribution in [0.4, 0.5) is 0 Å². The highest BCUT2D eigenvalue weighted by Gasteiger charge is 2.33. The predicted octanol–water partition coefficient (Wildman–Crippen LogP) is 0.846. The Morgan fingerprint density at radius 2 is 2.28 bits per heavy atom. The van der Waals surface area contributed by atoms with Gasteiger partial charge in [-0.25, -0.2) is 8.42 Å². The smallest absolute Gasteiger partial charge is 0.232 e. The third kappa shape index (κ3) is 2.72. The van der Waals surface area contributed by atoms with Gasteiger partial charge in [0.25, 0.3) is 0 Å². The average molecular weight is 274 g/mol. The normalized spacial score (nSPS) is 26.1. The highest BCUT2D eigenvalue weighted by Crippen LogP contribution is 2.28. The molecule has 1 saturated heterocycles. The van der Waals surface area contributed by atoms with Gasteiger partial charge in [0.2, 0.25) is 5.89 Å². The van der Waals surface area contributed by atoms with E-state index in [1.54, 1.807) is 0 Å². The maximum atomic E-state index is 11.4. The number of rotatable bonds is 4. The predicted molar refractivity (Wildman–Crippen MR) is 65.0 cm³/mol. The van der Waals surface area contributed by atoms with Crippen molar-refractivity contribution in [3.8, 4) is 0 Å². The summed E-state index contributed by atoms with van der Waals surface area (Å²) < 4.78 is 27.9. The topological polar surface area (TPSA) is 93.3 Å². The van der Waals surface area contributed by atoms with Crippen molar-refractivity contribution in [1.29, 1.82) is 0 Å². The lowest BCUT2D eigenvalue weighted by Gasteiger charge is -2.11. The third-order valence-corrected chi connectivity index (χ3v) is 5.21. The van der Waals surface area contributed by atoms with Crippen LogP contribution in [0.3, 0.4) is 0 Å². The van der Waals surface area contributed by atoms with Gasteiger partial charge >= 0.3 is 0 Å². The molecular weight excluding hydrogens is 256 g/mol. The average Bonchev–Trinajstić information content (AvgIpc) is 2.93. The summed E-state index contributed by atoms with van der Waals surface area (Å²) in [6.45, 7) is 3.69. The number of nitrogens with zero attached hydrogens (tertiary/aromatic N) is 2. The molecule has 0 amide bonds. The molecule has 6 nitrogen and oxygen atoms in total. The Morgan fingerprint density at radius 1 is 1.56 bits per heavy atom. The lowest BCUT2D eigenvalue weighted by molar-refractivity contribution is 0.129. The Hall–Kier alpha value is -0.950. The summed E-state index contributed by atoms with van der Waals surface area (Å²) in [5.41, 5.74) is 0. The molecule has 0 radical (unpaired) electrons. The van der Waals surface area contributed by atoms with E-state index in [0.29, 0.717) is 24.6 Å². The lowest BCUT2D eigenvalue weighted by atomic mass is 10.0. The van der Waals surface area contributed by atoms with Gasteiger partial charge in [-0.1, -0.05) is 19.0 Å². The van der Waals surface area contributed by atoms with Crippen LogP contribution in [0.25, 0.3) is 0 Å². The summed E-state index contributed by atoms with van der Waals surface area (Å²) in [4.78, 5) is 4.22. The molecule has 3 unspecified atom stereocenters. The number of hydrogen-bond donors (Lipinski definition) is 1. The monoisotopic (exact) mass is 274 g/mol. The molecule has 3 atom stereocenters. The van der Waals surface area contributed by atoms with Gasteiger partial charge in [0.15, 0.2) is 15.7 Å². The summed E-state index contributed by atoms with van der Waals surface area (Å²) in [5.74, 6) is 0.711. The molecule has 2 rings (SSSR count). The van der Waals surface area contributed by atoms with Crippen LogP contribution in [0.1, 0.15) is 50.2 Å². The Labute approximate surface area is 106 Å². The van der Waals surface area contributed by atoms with Crippen molar-refractivity contribution >= 4 is 9.84 Å². The molecule has 1 aromatic heterocycles. The summed E-state index contributed by atoms with van der Waals surface area (Å²) >= 11 is 0. The highest BCUT2D eigenvalue weighted by molar-refractivity contribution is 7.91. The van der Waals surface area contributed by atoms with Crippen LogP contribution in [0.5, 0.6) is 0 Å². The zero-order valence-electron chi connectivity index (χ0n) is 10.5. The van der Waals surface area contributed by atoms with Crippen LogP contribution < -0.4 is 0 Å². The van der Waals surface area contributed by atoms with E-state index in [1.807, 2.05) is 13.8 Å². The molecule has 18 heavy (non-hydrogen) atoms. The SMILES string of the molecule is CCC(O)C(C)c1nc(C2CCS(=O)(=O)C2)no1. The van der Waals surface area contributed by atoms with E-state index in [2.05, 4.69) is 10.1 Å². The molecule has 1 fully saturated rings. The fourth-order valence-electron chi connectivity index (χ4n) is 2.11. The second-order valence-electron chi connectivity index (χ2n) is 4.86. The van der Waals surface area contributed by atoms with Gasteiger partial charge in [-0.05, 0) is 12.8 Å². The number of aliphatic hydroxyl groups excluding tert-OH is 1. The fourth-order valence-corrected chi connectivity index (χ4v) is 3.85. The highest BCUT2D eigenvalue weighted by atomic mass is 32.2. The van der Waals surface area contributed by atoms with E-state index in [4.69, 9.17) is 4.52 Å². The van der Waals surface area contributed by atoms with E-state index in [1.165, 1.54) is 0 Å². The largest absolute Gasteiger partial charge is 0.392 e. The number of hydrogen-bond acceptors (Lipinski definition) is 6. The Balaban J connectivity index is 2.11. The van der Waals surface area contributed by atoms with E-state index >= 15 is 0 Å². The molecule has 0 saturated carbocycles. The van der Waals surface area contributed by atoms with E-state index < -0.39 is 15.9 Å². The molecule has 1 aliphatic heterocycles. The Morgan fingerprint density at radius 3 is 2.83 bits per heavy atom. The number of sulfone groups is 1. The number of aromatic nitrogens is 2. The van der Waals surface area contributed by atoms with Gasteiger partial charge in [0.1, 0.15) is 0 Å². The first-order valence-corrected chi connectivity index (χ1v) is 7.97. The van der Waals surface area contributed by atoms with Crippen LogP contribution in [0.15, 0.2) is 4.52 Å². The molecule has 0 aliphatic carbocycles. The Bertz CT molecular complexity index is 511. The van der Waals surface area contributed by atoms with Crippen LogP contribution in [-0.4, -0.2) is 41.3 Å². The van der Waals surface area contributed by atoms with Gasteiger partial charge in [-0.2, -0.15) is 4.98 Å². The second-order valence-corrected chi connectivity index (χ2v) is 7.08. The minimum absolute atomic E-state index is 0.0939. The molecule has 2 heterocycles. The van der Waals surface area contributed by atoms with E-state index in [0.717, 1.165) is 0 Å². The van der Waals surface area contributed by atoms with E-state index in [9.17, 15) is 13.5 Å².